The van der Waals surface area contributed by atoms with Crippen molar-refractivity contribution in [3.05, 3.63) is 78.3 Å². The lowest BCUT2D eigenvalue weighted by atomic mass is 9.53. The van der Waals surface area contributed by atoms with E-state index in [0.29, 0.717) is 0 Å². The number of benzene rings is 2. The molecule has 168 valence electrons. The SMILES string of the molecule is O=C(/C=C/c1cn(-c2ccccc2)nc1-c1ccc(F)cc1)NC12CC3CC(CC(C3)C1)C2. The number of amides is 1. The lowest BCUT2D eigenvalue weighted by Crippen LogP contribution is -2.59. The van der Waals surface area contributed by atoms with Crippen LogP contribution in [0.25, 0.3) is 23.0 Å². The Bertz CT molecular complexity index is 1160. The predicted molar refractivity (Wildman–Crippen MR) is 127 cm³/mol. The van der Waals surface area contributed by atoms with Gasteiger partial charge in [0, 0.05) is 28.9 Å². The first-order valence-corrected chi connectivity index (χ1v) is 12.0. The molecule has 4 saturated carbocycles. The van der Waals surface area contributed by atoms with E-state index in [2.05, 4.69) is 5.32 Å². The van der Waals surface area contributed by atoms with Crippen molar-refractivity contribution in [1.29, 1.82) is 0 Å². The Kier molecular flexibility index (Phi) is 4.93. The van der Waals surface area contributed by atoms with Gasteiger partial charge in [-0.3, -0.25) is 4.79 Å². The molecule has 1 amide bonds. The van der Waals surface area contributed by atoms with Gasteiger partial charge < -0.3 is 5.32 Å². The first-order chi connectivity index (χ1) is 16.1. The van der Waals surface area contributed by atoms with Crippen LogP contribution in [0.5, 0.6) is 0 Å². The van der Waals surface area contributed by atoms with Gasteiger partial charge >= 0.3 is 0 Å². The molecule has 4 fully saturated rings. The van der Waals surface area contributed by atoms with Gasteiger partial charge in [-0.05, 0) is 98.8 Å². The van der Waals surface area contributed by atoms with Crippen molar-refractivity contribution in [2.45, 2.75) is 44.1 Å². The Morgan fingerprint density at radius 3 is 2.24 bits per heavy atom. The average Bonchev–Trinajstić information content (AvgIpc) is 3.22. The first-order valence-electron chi connectivity index (χ1n) is 12.0. The number of halogens is 1. The second-order valence-corrected chi connectivity index (χ2v) is 10.2. The lowest BCUT2D eigenvalue weighted by molar-refractivity contribution is -0.122. The zero-order chi connectivity index (χ0) is 22.4. The van der Waals surface area contributed by atoms with Crippen molar-refractivity contribution in [3.8, 4) is 16.9 Å². The van der Waals surface area contributed by atoms with Crippen LogP contribution in [0.15, 0.2) is 66.9 Å². The van der Waals surface area contributed by atoms with Crippen molar-refractivity contribution in [1.82, 2.24) is 15.1 Å². The van der Waals surface area contributed by atoms with Crippen LogP contribution < -0.4 is 5.32 Å². The van der Waals surface area contributed by atoms with Gasteiger partial charge in [0.05, 0.1) is 11.4 Å². The van der Waals surface area contributed by atoms with Crippen LogP contribution in [-0.4, -0.2) is 21.2 Å². The molecule has 0 aliphatic heterocycles. The van der Waals surface area contributed by atoms with Crippen LogP contribution in [0.3, 0.4) is 0 Å². The van der Waals surface area contributed by atoms with Gasteiger partial charge in [0.25, 0.3) is 0 Å². The van der Waals surface area contributed by atoms with E-state index in [0.717, 1.165) is 59.5 Å². The zero-order valence-electron chi connectivity index (χ0n) is 18.6. The van der Waals surface area contributed by atoms with Crippen LogP contribution in [0.1, 0.15) is 44.1 Å². The number of rotatable bonds is 5. The fourth-order valence-corrected chi connectivity index (χ4v) is 6.79. The molecule has 1 N–H and O–H groups in total. The fraction of sp³-hybridized carbons (Fsp3) is 0.357. The highest BCUT2D eigenvalue weighted by Crippen LogP contribution is 2.55. The minimum Gasteiger partial charge on any atom is -0.347 e. The highest BCUT2D eigenvalue weighted by Gasteiger charge is 2.51. The minimum absolute atomic E-state index is 0.00974. The molecule has 1 aromatic heterocycles. The smallest absolute Gasteiger partial charge is 0.244 e. The standard InChI is InChI=1S/C28H28FN3O/c29-24-9-6-22(7-10-24)27-23(18-32(31-27)25-4-2-1-3-5-25)8-11-26(33)30-28-15-19-12-20(16-28)14-21(13-19)17-28/h1-11,18-21H,12-17H2,(H,30,33)/b11-8+. The Morgan fingerprint density at radius 2 is 1.61 bits per heavy atom. The van der Waals surface area contributed by atoms with Gasteiger partial charge in [0.1, 0.15) is 5.82 Å². The van der Waals surface area contributed by atoms with E-state index >= 15 is 0 Å². The van der Waals surface area contributed by atoms with E-state index in [4.69, 9.17) is 5.10 Å². The van der Waals surface area contributed by atoms with E-state index in [9.17, 15) is 9.18 Å². The molecular weight excluding hydrogens is 413 g/mol. The van der Waals surface area contributed by atoms with Gasteiger partial charge in [0.2, 0.25) is 5.91 Å². The topological polar surface area (TPSA) is 46.9 Å². The molecule has 2 aromatic carbocycles. The van der Waals surface area contributed by atoms with Crippen LogP contribution in [0.2, 0.25) is 0 Å². The van der Waals surface area contributed by atoms with Gasteiger partial charge in [0.15, 0.2) is 0 Å². The number of nitrogens with zero attached hydrogens (tertiary/aromatic N) is 2. The summed E-state index contributed by atoms with van der Waals surface area (Å²) < 4.78 is 15.3. The molecule has 4 aliphatic carbocycles. The first kappa shape index (κ1) is 20.4. The molecular formula is C28H28FN3O. The lowest BCUT2D eigenvalue weighted by Gasteiger charge is -2.56. The van der Waals surface area contributed by atoms with Crippen LogP contribution in [0.4, 0.5) is 4.39 Å². The van der Waals surface area contributed by atoms with Crippen LogP contribution >= 0.6 is 0 Å². The van der Waals surface area contributed by atoms with Crippen molar-refractivity contribution < 1.29 is 9.18 Å². The van der Waals surface area contributed by atoms with E-state index in [-0.39, 0.29) is 17.3 Å². The highest BCUT2D eigenvalue weighted by atomic mass is 19.1. The van der Waals surface area contributed by atoms with Crippen molar-refractivity contribution in [2.75, 3.05) is 0 Å². The summed E-state index contributed by atoms with van der Waals surface area (Å²) in [4.78, 5) is 13.0. The Labute approximate surface area is 193 Å². The summed E-state index contributed by atoms with van der Waals surface area (Å²) in [5.41, 5.74) is 3.28. The third kappa shape index (κ3) is 4.01. The molecule has 0 radical (unpaired) electrons. The maximum Gasteiger partial charge on any atom is 0.244 e. The molecule has 0 spiro atoms. The quantitative estimate of drug-likeness (QED) is 0.511. The molecule has 1 heterocycles. The van der Waals surface area contributed by atoms with Gasteiger partial charge in [-0.1, -0.05) is 18.2 Å². The zero-order valence-corrected chi connectivity index (χ0v) is 18.6. The van der Waals surface area contributed by atoms with Crippen molar-refractivity contribution in [3.63, 3.8) is 0 Å². The Hall–Kier alpha value is -3.21. The second-order valence-electron chi connectivity index (χ2n) is 10.2. The molecule has 33 heavy (non-hydrogen) atoms. The minimum atomic E-state index is -0.284. The Morgan fingerprint density at radius 1 is 0.970 bits per heavy atom. The number of carbonyl (C=O) groups is 1. The van der Waals surface area contributed by atoms with E-state index in [1.165, 1.54) is 31.4 Å². The average molecular weight is 442 g/mol. The number of hydrogen-bond acceptors (Lipinski definition) is 2. The molecule has 5 heteroatoms. The van der Waals surface area contributed by atoms with E-state index in [1.54, 1.807) is 22.9 Å². The van der Waals surface area contributed by atoms with Crippen LogP contribution in [0, 0.1) is 23.6 Å². The number of nitrogens with one attached hydrogen (secondary N) is 1. The second kappa shape index (κ2) is 7.98. The summed E-state index contributed by atoms with van der Waals surface area (Å²) in [6.45, 7) is 0. The maximum absolute atomic E-state index is 13.5. The van der Waals surface area contributed by atoms with Crippen molar-refractivity contribution in [2.24, 2.45) is 17.8 Å². The molecule has 4 bridgehead atoms. The molecule has 0 unspecified atom stereocenters. The molecule has 0 atom stereocenters. The van der Waals surface area contributed by atoms with Gasteiger partial charge in [-0.15, -0.1) is 0 Å². The number of para-hydroxylation sites is 1. The Balaban J connectivity index is 1.27. The molecule has 3 aromatic rings. The summed E-state index contributed by atoms with van der Waals surface area (Å²) in [5, 5.41) is 8.15. The summed E-state index contributed by atoms with van der Waals surface area (Å²) >= 11 is 0. The van der Waals surface area contributed by atoms with E-state index in [1.807, 2.05) is 42.6 Å². The van der Waals surface area contributed by atoms with Gasteiger partial charge in [-0.25, -0.2) is 9.07 Å². The third-order valence-electron chi connectivity index (χ3n) is 7.72. The third-order valence-corrected chi connectivity index (χ3v) is 7.72. The molecule has 4 nitrogen and oxygen atoms in total. The normalized spacial score (nSPS) is 27.8. The molecule has 4 aliphatic rings. The van der Waals surface area contributed by atoms with Crippen LogP contribution in [-0.2, 0) is 4.79 Å². The van der Waals surface area contributed by atoms with Crippen molar-refractivity contribution >= 4 is 12.0 Å². The summed E-state index contributed by atoms with van der Waals surface area (Å²) in [5.74, 6) is 2.04. The number of aromatic nitrogens is 2. The predicted octanol–water partition coefficient (Wildman–Crippen LogP) is 5.78. The maximum atomic E-state index is 13.5. The van der Waals surface area contributed by atoms with Gasteiger partial charge in [-0.2, -0.15) is 5.10 Å². The number of hydrogen-bond donors (Lipinski definition) is 1. The summed E-state index contributed by atoms with van der Waals surface area (Å²) in [7, 11) is 0. The summed E-state index contributed by atoms with van der Waals surface area (Å²) in [6, 6.07) is 16.2. The largest absolute Gasteiger partial charge is 0.347 e. The molecule has 0 saturated heterocycles. The highest BCUT2D eigenvalue weighted by molar-refractivity contribution is 5.93. The fourth-order valence-electron chi connectivity index (χ4n) is 6.79. The molecule has 7 rings (SSSR count). The monoisotopic (exact) mass is 441 g/mol. The number of carbonyl (C=O) groups excluding carboxylic acids is 1. The summed E-state index contributed by atoms with van der Waals surface area (Å²) in [6.07, 6.45) is 12.8. The van der Waals surface area contributed by atoms with E-state index < -0.39 is 0 Å².